The number of ketones is 2. The monoisotopic (exact) mass is 415 g/mol. The van der Waals surface area contributed by atoms with E-state index in [1.54, 1.807) is 72.8 Å². The SMILES string of the molecule is CC(=O)c1cccc(NC(=O)[C@H](C)OC(=O)c2ccccc2C(=O)c2ccccc2)c1. The Kier molecular flexibility index (Phi) is 6.72. The Bertz CT molecular complexity index is 1140. The number of ether oxygens (including phenoxy) is 1. The van der Waals surface area contributed by atoms with Crippen LogP contribution in [-0.2, 0) is 9.53 Å². The summed E-state index contributed by atoms with van der Waals surface area (Å²) in [7, 11) is 0. The molecule has 0 bridgehead atoms. The zero-order valence-corrected chi connectivity index (χ0v) is 17.1. The van der Waals surface area contributed by atoms with Crippen molar-refractivity contribution in [3.8, 4) is 0 Å². The van der Waals surface area contributed by atoms with Crippen LogP contribution in [0.5, 0.6) is 0 Å². The number of benzene rings is 3. The summed E-state index contributed by atoms with van der Waals surface area (Å²) in [5.74, 6) is -1.78. The fraction of sp³-hybridized carbons (Fsp3) is 0.120. The van der Waals surface area contributed by atoms with E-state index in [9.17, 15) is 19.2 Å². The average Bonchev–Trinajstić information content (AvgIpc) is 2.79. The third kappa shape index (κ3) is 5.30. The number of hydrogen-bond acceptors (Lipinski definition) is 5. The molecule has 0 radical (unpaired) electrons. The highest BCUT2D eigenvalue weighted by molar-refractivity contribution is 6.14. The Morgan fingerprint density at radius 1 is 0.774 bits per heavy atom. The van der Waals surface area contributed by atoms with Crippen molar-refractivity contribution in [2.24, 2.45) is 0 Å². The molecule has 1 amide bonds. The minimum atomic E-state index is -1.12. The normalized spacial score (nSPS) is 11.3. The Morgan fingerprint density at radius 2 is 1.39 bits per heavy atom. The van der Waals surface area contributed by atoms with E-state index < -0.39 is 18.0 Å². The predicted octanol–water partition coefficient (Wildman–Crippen LogP) is 4.30. The summed E-state index contributed by atoms with van der Waals surface area (Å²) in [5, 5.41) is 2.62. The van der Waals surface area contributed by atoms with Gasteiger partial charge in [-0.1, -0.05) is 60.7 Å². The fourth-order valence-corrected chi connectivity index (χ4v) is 2.94. The minimum absolute atomic E-state index is 0.0783. The first-order valence-electron chi connectivity index (χ1n) is 9.68. The maximum absolute atomic E-state index is 12.8. The molecular weight excluding hydrogens is 394 g/mol. The zero-order valence-electron chi connectivity index (χ0n) is 17.1. The van der Waals surface area contributed by atoms with E-state index in [0.29, 0.717) is 16.8 Å². The second kappa shape index (κ2) is 9.63. The van der Waals surface area contributed by atoms with Crippen molar-refractivity contribution in [3.05, 3.63) is 101 Å². The van der Waals surface area contributed by atoms with E-state index in [-0.39, 0.29) is 22.7 Å². The first-order chi connectivity index (χ1) is 14.9. The lowest BCUT2D eigenvalue weighted by Crippen LogP contribution is -2.30. The average molecular weight is 415 g/mol. The Labute approximate surface area is 179 Å². The number of anilines is 1. The Morgan fingerprint density at radius 3 is 2.06 bits per heavy atom. The van der Waals surface area contributed by atoms with Gasteiger partial charge in [-0.25, -0.2) is 4.79 Å². The van der Waals surface area contributed by atoms with Crippen LogP contribution in [0.2, 0.25) is 0 Å². The molecule has 0 unspecified atom stereocenters. The van der Waals surface area contributed by atoms with Gasteiger partial charge < -0.3 is 10.1 Å². The molecule has 0 fully saturated rings. The topological polar surface area (TPSA) is 89.5 Å². The number of amides is 1. The van der Waals surface area contributed by atoms with E-state index >= 15 is 0 Å². The van der Waals surface area contributed by atoms with Gasteiger partial charge in [-0.05, 0) is 32.0 Å². The summed E-state index contributed by atoms with van der Waals surface area (Å²) in [6.45, 7) is 2.86. The van der Waals surface area contributed by atoms with Crippen LogP contribution in [0.25, 0.3) is 0 Å². The quantitative estimate of drug-likeness (QED) is 0.459. The molecule has 31 heavy (non-hydrogen) atoms. The maximum atomic E-state index is 12.8. The van der Waals surface area contributed by atoms with Crippen molar-refractivity contribution in [2.75, 3.05) is 5.32 Å². The van der Waals surface area contributed by atoms with Crippen molar-refractivity contribution < 1.29 is 23.9 Å². The van der Waals surface area contributed by atoms with Crippen LogP contribution in [0.1, 0.15) is 50.5 Å². The summed E-state index contributed by atoms with van der Waals surface area (Å²) in [6, 6.07) is 21.4. The molecule has 6 heteroatoms. The molecule has 0 aromatic heterocycles. The molecule has 0 heterocycles. The molecule has 3 rings (SSSR count). The lowest BCUT2D eigenvalue weighted by molar-refractivity contribution is -0.123. The minimum Gasteiger partial charge on any atom is -0.449 e. The van der Waals surface area contributed by atoms with E-state index in [4.69, 9.17) is 4.74 Å². The zero-order chi connectivity index (χ0) is 22.4. The lowest BCUT2D eigenvalue weighted by Gasteiger charge is -2.15. The van der Waals surface area contributed by atoms with E-state index in [1.165, 1.54) is 19.9 Å². The van der Waals surface area contributed by atoms with Gasteiger partial charge in [0.05, 0.1) is 5.56 Å². The molecule has 0 aliphatic heterocycles. The third-order valence-electron chi connectivity index (χ3n) is 4.62. The predicted molar refractivity (Wildman–Crippen MR) is 116 cm³/mol. The second-order valence-corrected chi connectivity index (χ2v) is 6.91. The fourth-order valence-electron chi connectivity index (χ4n) is 2.94. The van der Waals surface area contributed by atoms with Crippen LogP contribution < -0.4 is 5.32 Å². The molecule has 0 aliphatic carbocycles. The molecule has 3 aromatic carbocycles. The molecule has 0 saturated carbocycles. The van der Waals surface area contributed by atoms with Crippen molar-refractivity contribution in [2.45, 2.75) is 20.0 Å². The molecule has 0 aliphatic rings. The molecular formula is C25H21NO5. The first kappa shape index (κ1) is 21.6. The summed E-state index contributed by atoms with van der Waals surface area (Å²) in [4.78, 5) is 49.5. The number of hydrogen-bond donors (Lipinski definition) is 1. The summed E-state index contributed by atoms with van der Waals surface area (Å²) < 4.78 is 5.30. The van der Waals surface area contributed by atoms with Crippen molar-refractivity contribution in [1.82, 2.24) is 0 Å². The molecule has 1 atom stereocenters. The van der Waals surface area contributed by atoms with Gasteiger partial charge in [-0.2, -0.15) is 0 Å². The van der Waals surface area contributed by atoms with Gasteiger partial charge in [0.2, 0.25) is 0 Å². The van der Waals surface area contributed by atoms with Crippen LogP contribution in [0.3, 0.4) is 0 Å². The van der Waals surface area contributed by atoms with Gasteiger partial charge in [0.25, 0.3) is 5.91 Å². The Balaban J connectivity index is 1.73. The van der Waals surface area contributed by atoms with Crippen molar-refractivity contribution in [1.29, 1.82) is 0 Å². The van der Waals surface area contributed by atoms with Crippen LogP contribution in [0, 0.1) is 0 Å². The van der Waals surface area contributed by atoms with Crippen LogP contribution in [-0.4, -0.2) is 29.5 Å². The Hall–Kier alpha value is -4.06. The van der Waals surface area contributed by atoms with Crippen molar-refractivity contribution in [3.63, 3.8) is 0 Å². The van der Waals surface area contributed by atoms with E-state index in [2.05, 4.69) is 5.32 Å². The van der Waals surface area contributed by atoms with Crippen LogP contribution in [0.15, 0.2) is 78.9 Å². The van der Waals surface area contributed by atoms with Gasteiger partial charge in [-0.15, -0.1) is 0 Å². The summed E-state index contributed by atoms with van der Waals surface area (Å²) in [5.41, 5.74) is 1.59. The van der Waals surface area contributed by atoms with Crippen LogP contribution in [0.4, 0.5) is 5.69 Å². The smallest absolute Gasteiger partial charge is 0.339 e. The highest BCUT2D eigenvalue weighted by Crippen LogP contribution is 2.17. The number of Topliss-reactive ketones (excluding diaryl/α,β-unsaturated/α-hetero) is 1. The van der Waals surface area contributed by atoms with Gasteiger partial charge in [0.1, 0.15) is 0 Å². The highest BCUT2D eigenvalue weighted by Gasteiger charge is 2.23. The summed E-state index contributed by atoms with van der Waals surface area (Å²) in [6.07, 6.45) is -1.12. The lowest BCUT2D eigenvalue weighted by atomic mass is 9.98. The standard InChI is InChI=1S/C25H21NO5/c1-16(27)19-11-8-12-20(15-19)26-24(29)17(2)31-25(30)22-14-7-6-13-21(22)23(28)18-9-4-3-5-10-18/h3-15,17H,1-2H3,(H,26,29)/t17-/m0/s1. The maximum Gasteiger partial charge on any atom is 0.339 e. The second-order valence-electron chi connectivity index (χ2n) is 6.91. The van der Waals surface area contributed by atoms with Crippen molar-refractivity contribution >= 4 is 29.1 Å². The number of nitrogens with one attached hydrogen (secondary N) is 1. The number of carbonyl (C=O) groups is 4. The molecule has 156 valence electrons. The van der Waals surface area contributed by atoms with Crippen LogP contribution >= 0.6 is 0 Å². The number of rotatable bonds is 7. The molecule has 1 N–H and O–H groups in total. The summed E-state index contributed by atoms with van der Waals surface area (Å²) >= 11 is 0. The van der Waals surface area contributed by atoms with Gasteiger partial charge in [0, 0.05) is 22.4 Å². The van der Waals surface area contributed by atoms with Gasteiger partial charge in [0.15, 0.2) is 17.7 Å². The van der Waals surface area contributed by atoms with Gasteiger partial charge >= 0.3 is 5.97 Å². The van der Waals surface area contributed by atoms with E-state index in [0.717, 1.165) is 0 Å². The first-order valence-corrected chi connectivity index (χ1v) is 9.68. The van der Waals surface area contributed by atoms with Gasteiger partial charge in [-0.3, -0.25) is 14.4 Å². The molecule has 3 aromatic rings. The molecule has 6 nitrogen and oxygen atoms in total. The number of esters is 1. The number of carbonyl (C=O) groups excluding carboxylic acids is 4. The highest BCUT2D eigenvalue weighted by atomic mass is 16.5. The largest absolute Gasteiger partial charge is 0.449 e. The van der Waals surface area contributed by atoms with E-state index in [1.807, 2.05) is 0 Å². The third-order valence-corrected chi connectivity index (χ3v) is 4.62. The molecule has 0 spiro atoms. The molecule has 0 saturated heterocycles.